The Morgan fingerprint density at radius 3 is 2.74 bits per heavy atom. The number of carbonyl (C=O) groups excluding carboxylic acids is 1. The molecule has 1 saturated heterocycles. The topological polar surface area (TPSA) is 80.8 Å². The van der Waals surface area contributed by atoms with Gasteiger partial charge < -0.3 is 4.90 Å². The summed E-state index contributed by atoms with van der Waals surface area (Å²) in [5.74, 6) is 0.750. The van der Waals surface area contributed by atoms with E-state index in [1.165, 1.54) is 23.5 Å². The first kappa shape index (κ1) is 17.7. The van der Waals surface area contributed by atoms with Crippen LogP contribution >= 0.6 is 11.3 Å². The van der Waals surface area contributed by atoms with Gasteiger partial charge in [0.05, 0.1) is 10.6 Å². The summed E-state index contributed by atoms with van der Waals surface area (Å²) in [5, 5.41) is 11.0. The fraction of sp³-hybridized carbons (Fsp3) is 0.368. The molecule has 8 heteroatoms. The molecule has 0 atom stereocenters. The maximum atomic E-state index is 12.9. The summed E-state index contributed by atoms with van der Waals surface area (Å²) >= 11 is 1.38. The predicted octanol–water partition coefficient (Wildman–Crippen LogP) is 4.15. The number of nitro groups is 1. The second kappa shape index (κ2) is 6.77. The fourth-order valence-corrected chi connectivity index (χ4v) is 4.50. The molecule has 0 bridgehead atoms. The molecule has 1 aromatic carbocycles. The molecule has 1 fully saturated rings. The zero-order valence-electron chi connectivity index (χ0n) is 15.2. The summed E-state index contributed by atoms with van der Waals surface area (Å²) in [6, 6.07) is 6.43. The Morgan fingerprint density at radius 1 is 1.33 bits per heavy atom. The van der Waals surface area contributed by atoms with Crippen molar-refractivity contribution in [1.82, 2.24) is 14.3 Å². The van der Waals surface area contributed by atoms with E-state index < -0.39 is 4.92 Å². The third-order valence-corrected chi connectivity index (χ3v) is 6.32. The molecule has 27 heavy (non-hydrogen) atoms. The van der Waals surface area contributed by atoms with Crippen LogP contribution in [0.4, 0.5) is 5.69 Å². The zero-order chi connectivity index (χ0) is 19.1. The number of amides is 1. The lowest BCUT2D eigenvalue weighted by Gasteiger charge is -2.30. The van der Waals surface area contributed by atoms with Gasteiger partial charge >= 0.3 is 0 Å². The molecule has 0 unspecified atom stereocenters. The molecule has 3 heterocycles. The highest BCUT2D eigenvalue weighted by atomic mass is 32.1. The van der Waals surface area contributed by atoms with E-state index in [-0.39, 0.29) is 11.6 Å². The monoisotopic (exact) mass is 384 g/mol. The Morgan fingerprint density at radius 2 is 2.07 bits per heavy atom. The second-order valence-electron chi connectivity index (χ2n) is 7.08. The third-order valence-electron chi connectivity index (χ3n) is 5.17. The summed E-state index contributed by atoms with van der Waals surface area (Å²) in [6.45, 7) is 5.75. The minimum atomic E-state index is -0.413. The van der Waals surface area contributed by atoms with Crippen LogP contribution < -0.4 is 0 Å². The van der Waals surface area contributed by atoms with Gasteiger partial charge in [0.15, 0.2) is 4.96 Å². The first-order valence-electron chi connectivity index (χ1n) is 8.96. The number of hydrogen-bond acceptors (Lipinski definition) is 5. The maximum absolute atomic E-state index is 12.9. The van der Waals surface area contributed by atoms with Crippen molar-refractivity contribution >= 4 is 27.9 Å². The Labute approximate surface area is 160 Å². The number of imidazole rings is 1. The molecule has 2 aromatic heterocycles. The molecule has 4 rings (SSSR count). The minimum absolute atomic E-state index is 0.0378. The normalized spacial score (nSPS) is 15.4. The van der Waals surface area contributed by atoms with E-state index in [1.807, 2.05) is 22.4 Å². The van der Waals surface area contributed by atoms with Gasteiger partial charge in [-0.25, -0.2) is 4.98 Å². The van der Waals surface area contributed by atoms with E-state index in [9.17, 15) is 14.9 Å². The lowest BCUT2D eigenvalue weighted by Crippen LogP contribution is -2.37. The number of carbonyl (C=O) groups is 1. The average Bonchev–Trinajstić information content (AvgIpc) is 3.21. The summed E-state index contributed by atoms with van der Waals surface area (Å²) in [6.07, 6.45) is 3.93. The van der Waals surface area contributed by atoms with Gasteiger partial charge in [0.2, 0.25) is 0 Å². The SMILES string of the molecule is Cc1c(C(=O)N2CCC(C)CC2)sc2nc(-c3cccc([N+](=O)[O-])c3)cn12. The molecular formula is C19H20N4O3S. The van der Waals surface area contributed by atoms with Crippen molar-refractivity contribution in [1.29, 1.82) is 0 Å². The first-order chi connectivity index (χ1) is 12.9. The van der Waals surface area contributed by atoms with Crippen LogP contribution in [0.15, 0.2) is 30.5 Å². The summed E-state index contributed by atoms with van der Waals surface area (Å²) in [4.78, 5) is 31.4. The highest BCUT2D eigenvalue weighted by Crippen LogP contribution is 2.30. The average molecular weight is 384 g/mol. The molecule has 140 valence electrons. The minimum Gasteiger partial charge on any atom is -0.338 e. The second-order valence-corrected chi connectivity index (χ2v) is 8.05. The van der Waals surface area contributed by atoms with E-state index in [0.29, 0.717) is 17.2 Å². The predicted molar refractivity (Wildman–Crippen MR) is 104 cm³/mol. The van der Waals surface area contributed by atoms with Crippen molar-refractivity contribution in [3.05, 3.63) is 51.1 Å². The number of likely N-dealkylation sites (tertiary alicyclic amines) is 1. The number of fused-ring (bicyclic) bond motifs is 1. The maximum Gasteiger partial charge on any atom is 0.270 e. The largest absolute Gasteiger partial charge is 0.338 e. The lowest BCUT2D eigenvalue weighted by molar-refractivity contribution is -0.384. The van der Waals surface area contributed by atoms with Crippen molar-refractivity contribution in [2.75, 3.05) is 13.1 Å². The number of nitro benzene ring substituents is 1. The van der Waals surface area contributed by atoms with Crippen LogP contribution in [0.25, 0.3) is 16.2 Å². The van der Waals surface area contributed by atoms with Crippen LogP contribution in [0.5, 0.6) is 0 Å². The molecule has 3 aromatic rings. The highest BCUT2D eigenvalue weighted by Gasteiger charge is 2.26. The number of aryl methyl sites for hydroxylation is 1. The van der Waals surface area contributed by atoms with Gasteiger partial charge in [-0.15, -0.1) is 0 Å². The van der Waals surface area contributed by atoms with Crippen molar-refractivity contribution in [2.45, 2.75) is 26.7 Å². The fourth-order valence-electron chi connectivity index (χ4n) is 3.42. The Bertz CT molecular complexity index is 1030. The number of nitrogens with zero attached hydrogens (tertiary/aromatic N) is 4. The Kier molecular flexibility index (Phi) is 4.43. The van der Waals surface area contributed by atoms with Gasteiger partial charge in [0.1, 0.15) is 4.88 Å². The number of rotatable bonds is 3. The standard InChI is InChI=1S/C19H20N4O3S/c1-12-6-8-21(9-7-12)18(24)17-13(2)22-11-16(20-19(22)27-17)14-4-3-5-15(10-14)23(25)26/h3-5,10-12H,6-9H2,1-2H3. The van der Waals surface area contributed by atoms with Crippen LogP contribution in [0.3, 0.4) is 0 Å². The summed E-state index contributed by atoms with van der Waals surface area (Å²) in [7, 11) is 0. The number of thiazole rings is 1. The van der Waals surface area contributed by atoms with Crippen LogP contribution in [0, 0.1) is 23.0 Å². The van der Waals surface area contributed by atoms with E-state index >= 15 is 0 Å². The highest BCUT2D eigenvalue weighted by molar-refractivity contribution is 7.19. The van der Waals surface area contributed by atoms with Crippen LogP contribution in [0.2, 0.25) is 0 Å². The van der Waals surface area contributed by atoms with Gasteiger partial charge in [0, 0.05) is 42.7 Å². The summed E-state index contributed by atoms with van der Waals surface area (Å²) < 4.78 is 1.90. The molecule has 0 N–H and O–H groups in total. The number of non-ortho nitro benzene ring substituents is 1. The Balaban J connectivity index is 1.65. The molecule has 0 saturated carbocycles. The molecular weight excluding hydrogens is 364 g/mol. The number of aromatic nitrogens is 2. The molecule has 7 nitrogen and oxygen atoms in total. The van der Waals surface area contributed by atoms with Gasteiger partial charge in [-0.2, -0.15) is 0 Å². The molecule has 1 aliphatic rings. The molecule has 0 aliphatic carbocycles. The summed E-state index contributed by atoms with van der Waals surface area (Å²) in [5.41, 5.74) is 2.26. The van der Waals surface area contributed by atoms with Crippen molar-refractivity contribution < 1.29 is 9.72 Å². The van der Waals surface area contributed by atoms with E-state index in [4.69, 9.17) is 0 Å². The van der Waals surface area contributed by atoms with E-state index in [1.54, 1.807) is 12.1 Å². The number of hydrogen-bond donors (Lipinski definition) is 0. The van der Waals surface area contributed by atoms with Gasteiger partial charge in [-0.05, 0) is 25.7 Å². The van der Waals surface area contributed by atoms with Crippen LogP contribution in [-0.4, -0.2) is 38.2 Å². The van der Waals surface area contributed by atoms with Gasteiger partial charge in [-0.1, -0.05) is 30.4 Å². The number of benzene rings is 1. The molecule has 0 spiro atoms. The molecule has 1 aliphatic heterocycles. The smallest absolute Gasteiger partial charge is 0.270 e. The Hall–Kier alpha value is -2.74. The molecule has 1 amide bonds. The van der Waals surface area contributed by atoms with Crippen molar-refractivity contribution in [3.63, 3.8) is 0 Å². The van der Waals surface area contributed by atoms with Crippen LogP contribution in [-0.2, 0) is 0 Å². The van der Waals surface area contributed by atoms with Crippen molar-refractivity contribution in [2.24, 2.45) is 5.92 Å². The molecule has 0 radical (unpaired) electrons. The van der Waals surface area contributed by atoms with E-state index in [0.717, 1.165) is 41.5 Å². The van der Waals surface area contributed by atoms with E-state index in [2.05, 4.69) is 11.9 Å². The van der Waals surface area contributed by atoms with Gasteiger partial charge in [-0.3, -0.25) is 19.3 Å². The lowest BCUT2D eigenvalue weighted by atomic mass is 9.99. The van der Waals surface area contributed by atoms with Gasteiger partial charge in [0.25, 0.3) is 11.6 Å². The van der Waals surface area contributed by atoms with Crippen LogP contribution in [0.1, 0.15) is 35.1 Å². The zero-order valence-corrected chi connectivity index (χ0v) is 16.0. The number of piperidine rings is 1. The quantitative estimate of drug-likeness (QED) is 0.502. The first-order valence-corrected chi connectivity index (χ1v) is 9.78. The third kappa shape index (κ3) is 3.21. The van der Waals surface area contributed by atoms with Crippen molar-refractivity contribution in [3.8, 4) is 11.3 Å².